The predicted octanol–water partition coefficient (Wildman–Crippen LogP) is 2.82. The van der Waals surface area contributed by atoms with Crippen molar-refractivity contribution in [2.45, 2.75) is 6.92 Å². The first kappa shape index (κ1) is 13.7. The van der Waals surface area contributed by atoms with E-state index in [0.29, 0.717) is 16.6 Å². The molecule has 0 fully saturated rings. The summed E-state index contributed by atoms with van der Waals surface area (Å²) in [7, 11) is 1.66. The molecule has 1 aromatic carbocycles. The van der Waals surface area contributed by atoms with Crippen LogP contribution in [-0.4, -0.2) is 24.4 Å². The average Bonchev–Trinajstić information content (AvgIpc) is 2.21. The van der Waals surface area contributed by atoms with Gasteiger partial charge in [0.25, 0.3) is 5.91 Å². The molecule has 0 aliphatic carbocycles. The van der Waals surface area contributed by atoms with E-state index in [9.17, 15) is 9.18 Å². The first-order chi connectivity index (χ1) is 7.82. The Morgan fingerprint density at radius 3 is 2.71 bits per heavy atom. The van der Waals surface area contributed by atoms with Crippen LogP contribution in [0.3, 0.4) is 0 Å². The van der Waals surface area contributed by atoms with E-state index in [1.807, 2.05) is 6.92 Å². The van der Waals surface area contributed by atoms with Crippen LogP contribution in [0.1, 0.15) is 17.3 Å². The van der Waals surface area contributed by atoms with Crippen molar-refractivity contribution in [2.24, 2.45) is 0 Å². The molecule has 0 bridgehead atoms. The Bertz CT molecular complexity index is 474. The Labute approximate surface area is 108 Å². The molecule has 0 atom stereocenters. The number of amides is 1. The number of nitrogens with two attached hydrogens (primary N) is 1. The zero-order valence-electron chi connectivity index (χ0n) is 9.76. The number of nitrogen functional groups attached to an aromatic ring is 1. The number of carbonyl (C=O) groups excluding carboxylic acids is 1. The molecule has 0 spiro atoms. The van der Waals surface area contributed by atoms with Crippen molar-refractivity contribution < 1.29 is 9.18 Å². The fourth-order valence-corrected chi connectivity index (χ4v) is 1.90. The molecule has 5 heteroatoms. The fourth-order valence-electron chi connectivity index (χ4n) is 1.41. The van der Waals surface area contributed by atoms with E-state index in [1.54, 1.807) is 7.05 Å². The number of nitrogens with zero attached hydrogens (tertiary/aromatic N) is 1. The van der Waals surface area contributed by atoms with Crippen LogP contribution in [0.15, 0.2) is 28.8 Å². The van der Waals surface area contributed by atoms with E-state index in [1.165, 1.54) is 17.0 Å². The third-order valence-corrected chi connectivity index (χ3v) is 2.83. The van der Waals surface area contributed by atoms with Gasteiger partial charge in [0.1, 0.15) is 5.82 Å². The normalized spacial score (nSPS) is 10.1. The van der Waals surface area contributed by atoms with Crippen molar-refractivity contribution in [3.05, 3.63) is 40.1 Å². The van der Waals surface area contributed by atoms with Gasteiger partial charge >= 0.3 is 0 Å². The standard InChI is InChI=1S/C12H14BrFN2O/c1-7(2)6-16(3)12(17)8-4-11(15)10(14)5-9(8)13/h4-5H,1,6,15H2,2-3H3. The van der Waals surface area contributed by atoms with Crippen LogP contribution < -0.4 is 5.73 Å². The van der Waals surface area contributed by atoms with E-state index in [-0.39, 0.29) is 11.6 Å². The second-order valence-corrected chi connectivity index (χ2v) is 4.83. The molecule has 17 heavy (non-hydrogen) atoms. The van der Waals surface area contributed by atoms with Gasteiger partial charge in [-0.05, 0) is 35.0 Å². The van der Waals surface area contributed by atoms with Crippen LogP contribution in [0.5, 0.6) is 0 Å². The van der Waals surface area contributed by atoms with Crippen molar-refractivity contribution in [3.63, 3.8) is 0 Å². The molecule has 0 saturated heterocycles. The topological polar surface area (TPSA) is 46.3 Å². The molecule has 0 aliphatic heterocycles. The number of halogens is 2. The SMILES string of the molecule is C=C(C)CN(C)C(=O)c1cc(N)c(F)cc1Br. The molecule has 2 N–H and O–H groups in total. The molecule has 1 aromatic rings. The van der Waals surface area contributed by atoms with Gasteiger partial charge in [-0.1, -0.05) is 12.2 Å². The summed E-state index contributed by atoms with van der Waals surface area (Å²) in [6, 6.07) is 2.52. The van der Waals surface area contributed by atoms with E-state index >= 15 is 0 Å². The van der Waals surface area contributed by atoms with Crippen LogP contribution in [0, 0.1) is 5.82 Å². The molecule has 0 aromatic heterocycles. The molecular weight excluding hydrogens is 287 g/mol. The summed E-state index contributed by atoms with van der Waals surface area (Å²) in [5, 5.41) is 0. The Kier molecular flexibility index (Phi) is 4.28. The van der Waals surface area contributed by atoms with Crippen molar-refractivity contribution in [2.75, 3.05) is 19.3 Å². The fraction of sp³-hybridized carbons (Fsp3) is 0.250. The lowest BCUT2D eigenvalue weighted by Gasteiger charge is -2.18. The van der Waals surface area contributed by atoms with Gasteiger partial charge in [-0.25, -0.2) is 4.39 Å². The molecule has 0 heterocycles. The Morgan fingerprint density at radius 1 is 1.59 bits per heavy atom. The smallest absolute Gasteiger partial charge is 0.255 e. The van der Waals surface area contributed by atoms with Gasteiger partial charge in [0, 0.05) is 18.1 Å². The maximum absolute atomic E-state index is 13.1. The van der Waals surface area contributed by atoms with Crippen LogP contribution in [0.25, 0.3) is 0 Å². The van der Waals surface area contributed by atoms with Gasteiger partial charge in [0.15, 0.2) is 0 Å². The molecule has 0 unspecified atom stereocenters. The third-order valence-electron chi connectivity index (χ3n) is 2.17. The minimum atomic E-state index is -0.545. The van der Waals surface area contributed by atoms with Crippen molar-refractivity contribution in [3.8, 4) is 0 Å². The number of benzene rings is 1. The third kappa shape index (κ3) is 3.30. The van der Waals surface area contributed by atoms with Crippen molar-refractivity contribution in [1.82, 2.24) is 4.90 Å². The van der Waals surface area contributed by atoms with Gasteiger partial charge in [0.2, 0.25) is 0 Å². The molecule has 3 nitrogen and oxygen atoms in total. The molecule has 0 radical (unpaired) electrons. The maximum atomic E-state index is 13.1. The second kappa shape index (κ2) is 5.31. The summed E-state index contributed by atoms with van der Waals surface area (Å²) in [6.45, 7) is 6.01. The highest BCUT2D eigenvalue weighted by molar-refractivity contribution is 9.10. The zero-order chi connectivity index (χ0) is 13.2. The molecule has 92 valence electrons. The average molecular weight is 301 g/mol. The van der Waals surface area contributed by atoms with Crippen LogP contribution in [-0.2, 0) is 0 Å². The summed E-state index contributed by atoms with van der Waals surface area (Å²) >= 11 is 3.15. The van der Waals surface area contributed by atoms with Crippen LogP contribution in [0.4, 0.5) is 10.1 Å². The number of rotatable bonds is 3. The van der Waals surface area contributed by atoms with E-state index in [4.69, 9.17) is 5.73 Å². The Morgan fingerprint density at radius 2 is 2.18 bits per heavy atom. The lowest BCUT2D eigenvalue weighted by molar-refractivity contribution is 0.0806. The number of carbonyl (C=O) groups is 1. The highest BCUT2D eigenvalue weighted by atomic mass is 79.9. The molecule has 0 aliphatic rings. The number of likely N-dealkylation sites (N-methyl/N-ethyl adjacent to an activating group) is 1. The van der Waals surface area contributed by atoms with Crippen molar-refractivity contribution >= 4 is 27.5 Å². The molecule has 0 saturated carbocycles. The van der Waals surface area contributed by atoms with Crippen LogP contribution >= 0.6 is 15.9 Å². The van der Waals surface area contributed by atoms with Gasteiger partial charge < -0.3 is 10.6 Å². The van der Waals surface area contributed by atoms with E-state index in [2.05, 4.69) is 22.5 Å². The molecule has 1 amide bonds. The maximum Gasteiger partial charge on any atom is 0.255 e. The van der Waals surface area contributed by atoms with Gasteiger partial charge in [-0.15, -0.1) is 0 Å². The Balaban J connectivity index is 3.04. The highest BCUT2D eigenvalue weighted by Crippen LogP contribution is 2.24. The highest BCUT2D eigenvalue weighted by Gasteiger charge is 2.16. The molecular formula is C12H14BrFN2O. The summed E-state index contributed by atoms with van der Waals surface area (Å²) in [5.41, 5.74) is 6.61. The quantitative estimate of drug-likeness (QED) is 0.689. The van der Waals surface area contributed by atoms with Gasteiger partial charge in [0.05, 0.1) is 11.3 Å². The second-order valence-electron chi connectivity index (χ2n) is 3.97. The van der Waals surface area contributed by atoms with Gasteiger partial charge in [-0.3, -0.25) is 4.79 Å². The zero-order valence-corrected chi connectivity index (χ0v) is 11.3. The lowest BCUT2D eigenvalue weighted by atomic mass is 10.1. The predicted molar refractivity (Wildman–Crippen MR) is 70.3 cm³/mol. The van der Waals surface area contributed by atoms with Crippen LogP contribution in [0.2, 0.25) is 0 Å². The van der Waals surface area contributed by atoms with Gasteiger partial charge in [-0.2, -0.15) is 0 Å². The summed E-state index contributed by atoms with van der Waals surface area (Å²) < 4.78 is 13.5. The first-order valence-corrected chi connectivity index (χ1v) is 5.76. The monoisotopic (exact) mass is 300 g/mol. The number of anilines is 1. The Hall–Kier alpha value is -1.36. The number of hydrogen-bond acceptors (Lipinski definition) is 2. The van der Waals surface area contributed by atoms with E-state index in [0.717, 1.165) is 5.57 Å². The largest absolute Gasteiger partial charge is 0.396 e. The minimum absolute atomic E-state index is 0.0414. The number of hydrogen-bond donors (Lipinski definition) is 1. The van der Waals surface area contributed by atoms with Crippen molar-refractivity contribution in [1.29, 1.82) is 0 Å². The molecule has 1 rings (SSSR count). The first-order valence-electron chi connectivity index (χ1n) is 4.97. The summed E-state index contributed by atoms with van der Waals surface area (Å²) in [5.74, 6) is -0.775. The summed E-state index contributed by atoms with van der Waals surface area (Å²) in [4.78, 5) is 13.5. The minimum Gasteiger partial charge on any atom is -0.396 e. The lowest BCUT2D eigenvalue weighted by Crippen LogP contribution is -2.28. The van der Waals surface area contributed by atoms with E-state index < -0.39 is 5.82 Å². The summed E-state index contributed by atoms with van der Waals surface area (Å²) in [6.07, 6.45) is 0.